The van der Waals surface area contributed by atoms with Crippen molar-refractivity contribution in [3.63, 3.8) is 0 Å². The molecule has 7 nitrogen and oxygen atoms in total. The van der Waals surface area contributed by atoms with E-state index in [0.717, 1.165) is 5.56 Å². The van der Waals surface area contributed by atoms with Gasteiger partial charge in [-0.2, -0.15) is 0 Å². The van der Waals surface area contributed by atoms with E-state index in [2.05, 4.69) is 42.2 Å². The van der Waals surface area contributed by atoms with Crippen LogP contribution in [0.4, 0.5) is 5.69 Å². The average Bonchev–Trinajstić information content (AvgIpc) is 3.21. The maximum absolute atomic E-state index is 13.8. The van der Waals surface area contributed by atoms with E-state index in [1.54, 1.807) is 61.1 Å². The van der Waals surface area contributed by atoms with E-state index in [0.29, 0.717) is 46.5 Å². The quantitative estimate of drug-likeness (QED) is 0.313. The summed E-state index contributed by atoms with van der Waals surface area (Å²) in [6, 6.07) is 19.2. The van der Waals surface area contributed by atoms with Gasteiger partial charge in [-0.15, -0.1) is 0 Å². The summed E-state index contributed by atoms with van der Waals surface area (Å²) < 4.78 is 8.32. The molecule has 0 radical (unpaired) electrons. The largest absolute Gasteiger partial charge is 0.506 e. The third-order valence-corrected chi connectivity index (χ3v) is 8.26. The molecule has 0 spiro atoms. The first-order valence-electron chi connectivity index (χ1n) is 11.5. The van der Waals surface area contributed by atoms with E-state index >= 15 is 0 Å². The Bertz CT molecular complexity index is 1740. The second-order valence-corrected chi connectivity index (χ2v) is 11.2. The van der Waals surface area contributed by atoms with Gasteiger partial charge in [0.15, 0.2) is 4.80 Å². The molecule has 3 aromatic carbocycles. The first-order chi connectivity index (χ1) is 18.3. The molecule has 4 aromatic rings. The number of allylic oxidation sites excluding steroid dienone is 1. The van der Waals surface area contributed by atoms with Crippen LogP contribution in [0.1, 0.15) is 24.1 Å². The second kappa shape index (κ2) is 10.7. The van der Waals surface area contributed by atoms with Crippen molar-refractivity contribution in [2.45, 2.75) is 13.0 Å². The lowest BCUT2D eigenvalue weighted by Gasteiger charge is -2.25. The fourth-order valence-electron chi connectivity index (χ4n) is 4.25. The Kier molecular flexibility index (Phi) is 7.38. The Morgan fingerprint density at radius 1 is 1.11 bits per heavy atom. The summed E-state index contributed by atoms with van der Waals surface area (Å²) in [5.74, 6) is 0.410. The molecule has 1 amide bonds. The van der Waals surface area contributed by atoms with E-state index in [9.17, 15) is 14.7 Å². The van der Waals surface area contributed by atoms with E-state index in [4.69, 9.17) is 4.74 Å². The summed E-state index contributed by atoms with van der Waals surface area (Å²) in [6.07, 6.45) is 1.74. The lowest BCUT2D eigenvalue weighted by Crippen LogP contribution is -2.40. The van der Waals surface area contributed by atoms with Crippen molar-refractivity contribution in [1.29, 1.82) is 0 Å². The van der Waals surface area contributed by atoms with Crippen LogP contribution in [0.3, 0.4) is 0 Å². The van der Waals surface area contributed by atoms with Crippen LogP contribution in [0.5, 0.6) is 11.5 Å². The van der Waals surface area contributed by atoms with E-state index in [1.165, 1.54) is 11.3 Å². The number of rotatable bonds is 5. The molecule has 2 heterocycles. The number of aromatic hydroxyl groups is 1. The summed E-state index contributed by atoms with van der Waals surface area (Å²) in [7, 11) is 1.58. The van der Waals surface area contributed by atoms with Crippen molar-refractivity contribution >= 4 is 60.9 Å². The Morgan fingerprint density at radius 2 is 1.76 bits per heavy atom. The van der Waals surface area contributed by atoms with Crippen LogP contribution in [0.15, 0.2) is 96.7 Å². The number of aromatic nitrogens is 1. The SMILES string of the molecule is COc1ccc([C@H]2C(C(=O)Nc3ccccc3)=C(C)N=c3s/c(=C/c4cc(Br)c(O)c(Br)c4)c(=O)n32)cc1. The van der Waals surface area contributed by atoms with Crippen molar-refractivity contribution in [2.24, 2.45) is 4.99 Å². The first kappa shape index (κ1) is 26.1. The predicted octanol–water partition coefficient (Wildman–Crippen LogP) is 5.11. The van der Waals surface area contributed by atoms with E-state index < -0.39 is 6.04 Å². The highest BCUT2D eigenvalue weighted by atomic mass is 79.9. The highest BCUT2D eigenvalue weighted by Crippen LogP contribution is 2.34. The molecule has 2 N–H and O–H groups in total. The van der Waals surface area contributed by atoms with Crippen LogP contribution in [-0.2, 0) is 4.79 Å². The molecule has 1 aliphatic rings. The van der Waals surface area contributed by atoms with Gasteiger partial charge in [0, 0.05) is 5.69 Å². The minimum atomic E-state index is -0.693. The summed E-state index contributed by atoms with van der Waals surface area (Å²) in [6.45, 7) is 1.78. The van der Waals surface area contributed by atoms with Gasteiger partial charge >= 0.3 is 0 Å². The lowest BCUT2D eigenvalue weighted by molar-refractivity contribution is -0.113. The Hall–Kier alpha value is -3.47. The predicted molar refractivity (Wildman–Crippen MR) is 155 cm³/mol. The lowest BCUT2D eigenvalue weighted by atomic mass is 9.95. The summed E-state index contributed by atoms with van der Waals surface area (Å²) in [5.41, 5.74) is 2.75. The number of hydrogen-bond acceptors (Lipinski definition) is 6. The molecule has 0 unspecified atom stereocenters. The molecule has 0 saturated carbocycles. The van der Waals surface area contributed by atoms with Gasteiger partial charge in [0.2, 0.25) is 0 Å². The minimum Gasteiger partial charge on any atom is -0.506 e. The molecule has 1 aliphatic heterocycles. The third kappa shape index (κ3) is 4.99. The molecule has 0 aliphatic carbocycles. The van der Waals surface area contributed by atoms with Crippen LogP contribution in [-0.4, -0.2) is 22.7 Å². The van der Waals surface area contributed by atoms with Gasteiger partial charge in [-0.25, -0.2) is 4.99 Å². The molecule has 1 atom stereocenters. The second-order valence-electron chi connectivity index (χ2n) is 8.51. The van der Waals surface area contributed by atoms with Gasteiger partial charge < -0.3 is 15.2 Å². The van der Waals surface area contributed by atoms with Gasteiger partial charge in [0.25, 0.3) is 11.5 Å². The number of phenolic OH excluding ortho intramolecular Hbond substituents is 1. The molecule has 192 valence electrons. The van der Waals surface area contributed by atoms with Crippen LogP contribution in [0, 0.1) is 0 Å². The molecule has 0 saturated heterocycles. The topological polar surface area (TPSA) is 92.9 Å². The monoisotopic (exact) mass is 653 g/mol. The van der Waals surface area contributed by atoms with Crippen molar-refractivity contribution in [2.75, 3.05) is 12.4 Å². The number of carbonyl (C=O) groups is 1. The average molecular weight is 655 g/mol. The number of methoxy groups -OCH3 is 1. The summed E-state index contributed by atoms with van der Waals surface area (Å²) in [4.78, 5) is 32.6. The fourth-order valence-corrected chi connectivity index (χ4v) is 6.52. The Balaban J connectivity index is 1.68. The number of benzene rings is 3. The van der Waals surface area contributed by atoms with Crippen LogP contribution < -0.4 is 24.9 Å². The number of para-hydroxylation sites is 1. The standard InChI is InChI=1S/C28H21Br2N3O4S/c1-15-23(26(35)32-18-6-4-3-5-7-18)24(17-8-10-19(37-2)11-9-17)33-27(36)22(38-28(33)31-15)14-16-12-20(29)25(34)21(30)13-16/h3-14,24,34H,1-2H3,(H,32,35)/b22-14+/t24-/m0/s1. The smallest absolute Gasteiger partial charge is 0.271 e. The van der Waals surface area contributed by atoms with Crippen molar-refractivity contribution in [3.8, 4) is 11.5 Å². The number of thiazole rings is 1. The Morgan fingerprint density at radius 3 is 2.39 bits per heavy atom. The molecular formula is C28H21Br2N3O4S. The number of nitrogens with one attached hydrogen (secondary N) is 1. The van der Waals surface area contributed by atoms with Crippen molar-refractivity contribution in [3.05, 3.63) is 118 Å². The molecule has 5 rings (SSSR count). The maximum atomic E-state index is 13.8. The fraction of sp³-hybridized carbons (Fsp3) is 0.107. The maximum Gasteiger partial charge on any atom is 0.271 e. The number of carbonyl (C=O) groups excluding carboxylic acids is 1. The molecule has 0 fully saturated rings. The van der Waals surface area contributed by atoms with Gasteiger partial charge in [-0.05, 0) is 92.4 Å². The molecule has 0 bridgehead atoms. The highest BCUT2D eigenvalue weighted by molar-refractivity contribution is 9.11. The number of amides is 1. The van der Waals surface area contributed by atoms with Crippen molar-refractivity contribution in [1.82, 2.24) is 4.57 Å². The molecule has 38 heavy (non-hydrogen) atoms. The zero-order valence-corrected chi connectivity index (χ0v) is 24.2. The minimum absolute atomic E-state index is 0.0767. The number of anilines is 1. The van der Waals surface area contributed by atoms with Gasteiger partial charge in [0.05, 0.1) is 37.9 Å². The van der Waals surface area contributed by atoms with Crippen LogP contribution >= 0.6 is 43.2 Å². The zero-order valence-electron chi connectivity index (χ0n) is 20.2. The normalized spacial score (nSPS) is 15.2. The third-order valence-electron chi connectivity index (χ3n) is 6.07. The number of nitrogens with zero attached hydrogens (tertiary/aromatic N) is 2. The number of hydrogen-bond donors (Lipinski definition) is 2. The summed E-state index contributed by atoms with van der Waals surface area (Å²) >= 11 is 7.92. The molecule has 1 aromatic heterocycles. The number of fused-ring (bicyclic) bond motifs is 1. The van der Waals surface area contributed by atoms with Crippen LogP contribution in [0.2, 0.25) is 0 Å². The number of ether oxygens (including phenoxy) is 1. The first-order valence-corrected chi connectivity index (χ1v) is 13.9. The van der Waals surface area contributed by atoms with Crippen molar-refractivity contribution < 1.29 is 14.6 Å². The number of halogens is 2. The molecular weight excluding hydrogens is 634 g/mol. The van der Waals surface area contributed by atoms with Crippen LogP contribution in [0.25, 0.3) is 6.08 Å². The Labute approximate surface area is 238 Å². The summed E-state index contributed by atoms with van der Waals surface area (Å²) in [5, 5.41) is 13.0. The highest BCUT2D eigenvalue weighted by Gasteiger charge is 2.32. The van der Waals surface area contributed by atoms with Gasteiger partial charge in [0.1, 0.15) is 11.5 Å². The van der Waals surface area contributed by atoms with Gasteiger partial charge in [-0.1, -0.05) is 41.7 Å². The van der Waals surface area contributed by atoms with E-state index in [1.807, 2.05) is 30.3 Å². The molecule has 10 heteroatoms. The van der Waals surface area contributed by atoms with Gasteiger partial charge in [-0.3, -0.25) is 14.2 Å². The zero-order chi connectivity index (χ0) is 27.0. The van der Waals surface area contributed by atoms with E-state index in [-0.39, 0.29) is 17.2 Å². The number of phenols is 1.